The molecule has 0 bridgehead atoms. The van der Waals surface area contributed by atoms with Crippen LogP contribution in [-0.4, -0.2) is 11.0 Å². The van der Waals surface area contributed by atoms with Gasteiger partial charge in [0, 0.05) is 0 Å². The largest absolute Gasteiger partial charge is 0.507 e. The third kappa shape index (κ3) is 2.79. The van der Waals surface area contributed by atoms with Gasteiger partial charge in [-0.2, -0.15) is 0 Å². The van der Waals surface area contributed by atoms with Crippen LogP contribution in [-0.2, 0) is 0 Å². The van der Waals surface area contributed by atoms with E-state index < -0.39 is 17.5 Å². The van der Waals surface area contributed by atoms with Crippen LogP contribution in [0.5, 0.6) is 5.75 Å². The highest BCUT2D eigenvalue weighted by atomic mass is 19.1. The number of carbonyl (C=O) groups excluding carboxylic acids is 1. The van der Waals surface area contributed by atoms with E-state index in [2.05, 4.69) is 5.32 Å². The molecule has 0 aliphatic carbocycles. The highest BCUT2D eigenvalue weighted by Gasteiger charge is 2.14. The maximum atomic E-state index is 13.0. The SMILES string of the molecule is Nc1ccc(F)cc1NC(=O)c1cc(F)ccc1O. The molecule has 0 saturated carbocycles. The van der Waals surface area contributed by atoms with E-state index in [1.54, 1.807) is 0 Å². The fourth-order valence-corrected chi connectivity index (χ4v) is 1.52. The molecule has 0 aliphatic heterocycles. The number of nitrogens with two attached hydrogens (primary N) is 1. The predicted molar refractivity (Wildman–Crippen MR) is 66.8 cm³/mol. The smallest absolute Gasteiger partial charge is 0.259 e. The van der Waals surface area contributed by atoms with Crippen LogP contribution >= 0.6 is 0 Å². The number of phenolic OH excluding ortho intramolecular Hbond substituents is 1. The summed E-state index contributed by atoms with van der Waals surface area (Å²) in [5, 5.41) is 11.8. The summed E-state index contributed by atoms with van der Waals surface area (Å²) in [5.74, 6) is -2.41. The second-order valence-corrected chi connectivity index (χ2v) is 3.85. The van der Waals surface area contributed by atoms with Crippen molar-refractivity contribution < 1.29 is 18.7 Å². The lowest BCUT2D eigenvalue weighted by molar-refractivity contribution is 0.102. The van der Waals surface area contributed by atoms with E-state index in [4.69, 9.17) is 5.73 Å². The Bertz CT molecular complexity index is 645. The topological polar surface area (TPSA) is 75.3 Å². The Hall–Kier alpha value is -2.63. The number of amides is 1. The number of halogens is 2. The molecule has 6 heteroatoms. The van der Waals surface area contributed by atoms with Gasteiger partial charge in [-0.3, -0.25) is 4.79 Å². The van der Waals surface area contributed by atoms with Gasteiger partial charge in [0.15, 0.2) is 0 Å². The van der Waals surface area contributed by atoms with E-state index in [9.17, 15) is 18.7 Å². The molecule has 4 N–H and O–H groups in total. The molecule has 98 valence electrons. The van der Waals surface area contributed by atoms with E-state index in [0.717, 1.165) is 30.3 Å². The Morgan fingerprint density at radius 3 is 2.47 bits per heavy atom. The van der Waals surface area contributed by atoms with Gasteiger partial charge >= 0.3 is 0 Å². The van der Waals surface area contributed by atoms with Crippen LogP contribution in [0.25, 0.3) is 0 Å². The quantitative estimate of drug-likeness (QED) is 0.729. The molecule has 0 spiro atoms. The Labute approximate surface area is 107 Å². The molecule has 0 fully saturated rings. The molecule has 2 aromatic carbocycles. The number of carbonyl (C=O) groups is 1. The molecular formula is C13H10F2N2O2. The van der Waals surface area contributed by atoms with Crippen molar-refractivity contribution in [2.75, 3.05) is 11.1 Å². The van der Waals surface area contributed by atoms with Gasteiger partial charge in [0.05, 0.1) is 16.9 Å². The Balaban J connectivity index is 2.30. The number of nitrogen functional groups attached to an aromatic ring is 1. The molecular weight excluding hydrogens is 254 g/mol. The number of aromatic hydroxyl groups is 1. The summed E-state index contributed by atoms with van der Waals surface area (Å²) >= 11 is 0. The zero-order valence-electron chi connectivity index (χ0n) is 9.65. The number of hydrogen-bond acceptors (Lipinski definition) is 3. The summed E-state index contributed by atoms with van der Waals surface area (Å²) in [4.78, 5) is 11.8. The lowest BCUT2D eigenvalue weighted by atomic mass is 10.1. The zero-order chi connectivity index (χ0) is 14.0. The van der Waals surface area contributed by atoms with Gasteiger partial charge in [-0.1, -0.05) is 0 Å². The predicted octanol–water partition coefficient (Wildman–Crippen LogP) is 2.50. The number of anilines is 2. The van der Waals surface area contributed by atoms with Crippen LogP contribution in [0.2, 0.25) is 0 Å². The number of nitrogens with one attached hydrogen (secondary N) is 1. The second-order valence-electron chi connectivity index (χ2n) is 3.85. The molecule has 2 rings (SSSR count). The van der Waals surface area contributed by atoms with Crippen molar-refractivity contribution in [1.82, 2.24) is 0 Å². The zero-order valence-corrected chi connectivity index (χ0v) is 9.65. The van der Waals surface area contributed by atoms with Crippen LogP contribution in [0, 0.1) is 11.6 Å². The van der Waals surface area contributed by atoms with Crippen LogP contribution in [0.4, 0.5) is 20.2 Å². The minimum absolute atomic E-state index is 0.0497. The fourth-order valence-electron chi connectivity index (χ4n) is 1.52. The average Bonchev–Trinajstić information content (AvgIpc) is 2.36. The van der Waals surface area contributed by atoms with Gasteiger partial charge in [-0.25, -0.2) is 8.78 Å². The molecule has 0 heterocycles. The Morgan fingerprint density at radius 1 is 1.11 bits per heavy atom. The monoisotopic (exact) mass is 264 g/mol. The highest BCUT2D eigenvalue weighted by molar-refractivity contribution is 6.07. The molecule has 0 unspecified atom stereocenters. The summed E-state index contributed by atoms with van der Waals surface area (Å²) in [5.41, 5.74) is 5.51. The molecule has 19 heavy (non-hydrogen) atoms. The standard InChI is InChI=1S/C13H10F2N2O2/c14-7-2-4-12(18)9(5-7)13(19)17-11-6-8(15)1-3-10(11)16/h1-6,18H,16H2,(H,17,19). The molecule has 0 saturated heterocycles. The van der Waals surface area contributed by atoms with Gasteiger partial charge in [-0.15, -0.1) is 0 Å². The van der Waals surface area contributed by atoms with Crippen molar-refractivity contribution in [2.45, 2.75) is 0 Å². The van der Waals surface area contributed by atoms with Crippen LogP contribution in [0.3, 0.4) is 0 Å². The van der Waals surface area contributed by atoms with Gasteiger partial charge in [-0.05, 0) is 36.4 Å². The Kier molecular flexibility index (Phi) is 3.33. The van der Waals surface area contributed by atoms with E-state index in [0.29, 0.717) is 0 Å². The van der Waals surface area contributed by atoms with Crippen molar-refractivity contribution in [3.8, 4) is 5.75 Å². The first-order chi connectivity index (χ1) is 8.97. The fraction of sp³-hybridized carbons (Fsp3) is 0. The lowest BCUT2D eigenvalue weighted by Gasteiger charge is -2.09. The summed E-state index contributed by atoms with van der Waals surface area (Å²) < 4.78 is 26.0. The molecule has 2 aromatic rings. The van der Waals surface area contributed by atoms with E-state index in [1.807, 2.05) is 0 Å². The molecule has 0 aromatic heterocycles. The van der Waals surface area contributed by atoms with E-state index >= 15 is 0 Å². The molecule has 0 radical (unpaired) electrons. The number of benzene rings is 2. The van der Waals surface area contributed by atoms with Crippen molar-refractivity contribution in [1.29, 1.82) is 0 Å². The van der Waals surface area contributed by atoms with Crippen molar-refractivity contribution in [3.63, 3.8) is 0 Å². The first-order valence-electron chi connectivity index (χ1n) is 5.32. The summed E-state index contributed by atoms with van der Waals surface area (Å²) in [6.07, 6.45) is 0. The minimum Gasteiger partial charge on any atom is -0.507 e. The second kappa shape index (κ2) is 4.93. The average molecular weight is 264 g/mol. The maximum Gasteiger partial charge on any atom is 0.259 e. The molecule has 1 amide bonds. The van der Waals surface area contributed by atoms with E-state index in [-0.39, 0.29) is 22.7 Å². The van der Waals surface area contributed by atoms with Gasteiger partial charge in [0.1, 0.15) is 17.4 Å². The van der Waals surface area contributed by atoms with Crippen molar-refractivity contribution in [2.24, 2.45) is 0 Å². The van der Waals surface area contributed by atoms with Crippen molar-refractivity contribution in [3.05, 3.63) is 53.6 Å². The van der Waals surface area contributed by atoms with Crippen LogP contribution in [0.1, 0.15) is 10.4 Å². The summed E-state index contributed by atoms with van der Waals surface area (Å²) in [6, 6.07) is 6.41. The number of hydrogen-bond donors (Lipinski definition) is 3. The first-order valence-corrected chi connectivity index (χ1v) is 5.32. The molecule has 0 aliphatic rings. The third-order valence-electron chi connectivity index (χ3n) is 2.47. The number of rotatable bonds is 2. The third-order valence-corrected chi connectivity index (χ3v) is 2.47. The van der Waals surface area contributed by atoms with Gasteiger partial charge < -0.3 is 16.2 Å². The lowest BCUT2D eigenvalue weighted by Crippen LogP contribution is -2.13. The number of phenols is 1. The summed E-state index contributed by atoms with van der Waals surface area (Å²) in [6.45, 7) is 0. The first kappa shape index (κ1) is 12.8. The normalized spacial score (nSPS) is 10.2. The van der Waals surface area contributed by atoms with Crippen LogP contribution in [0.15, 0.2) is 36.4 Å². The van der Waals surface area contributed by atoms with Gasteiger partial charge in [0.25, 0.3) is 5.91 Å². The summed E-state index contributed by atoms with van der Waals surface area (Å²) in [7, 11) is 0. The highest BCUT2D eigenvalue weighted by Crippen LogP contribution is 2.23. The Morgan fingerprint density at radius 2 is 1.74 bits per heavy atom. The van der Waals surface area contributed by atoms with E-state index in [1.165, 1.54) is 6.07 Å². The molecule has 4 nitrogen and oxygen atoms in total. The molecule has 0 atom stereocenters. The van der Waals surface area contributed by atoms with Crippen LogP contribution < -0.4 is 11.1 Å². The van der Waals surface area contributed by atoms with Crippen molar-refractivity contribution >= 4 is 17.3 Å². The van der Waals surface area contributed by atoms with Gasteiger partial charge in [0.2, 0.25) is 0 Å². The minimum atomic E-state index is -0.783. The maximum absolute atomic E-state index is 13.0.